The van der Waals surface area contributed by atoms with Gasteiger partial charge in [-0.1, -0.05) is 0 Å². The Morgan fingerprint density at radius 2 is 1.93 bits per heavy atom. The molecule has 0 aliphatic heterocycles. The second kappa shape index (κ2) is 3.65. The van der Waals surface area contributed by atoms with E-state index >= 15 is 0 Å². The summed E-state index contributed by atoms with van der Waals surface area (Å²) >= 11 is 4.15. The molecule has 0 amide bonds. The fourth-order valence-corrected chi connectivity index (χ4v) is 3.22. The molecule has 0 saturated heterocycles. The SMILES string of the molecule is O=c1[nH]c2cc(I)cc(I)c2c(=O)o1. The Hall–Kier alpha value is -0.380. The molecule has 2 rings (SSSR count). The van der Waals surface area contributed by atoms with E-state index in [1.165, 1.54) is 0 Å². The van der Waals surface area contributed by atoms with Crippen LogP contribution in [0, 0.1) is 7.14 Å². The number of hydrogen-bond acceptors (Lipinski definition) is 3. The lowest BCUT2D eigenvalue weighted by Gasteiger charge is -1.98. The molecule has 0 bridgehead atoms. The summed E-state index contributed by atoms with van der Waals surface area (Å²) in [6.45, 7) is 0. The van der Waals surface area contributed by atoms with Gasteiger partial charge in [-0.3, -0.25) is 4.98 Å². The van der Waals surface area contributed by atoms with E-state index in [2.05, 4.69) is 32.0 Å². The summed E-state index contributed by atoms with van der Waals surface area (Å²) < 4.78 is 6.17. The normalized spacial score (nSPS) is 10.7. The van der Waals surface area contributed by atoms with Gasteiger partial charge in [0, 0.05) is 7.14 Å². The lowest BCUT2D eigenvalue weighted by atomic mass is 10.2. The molecular weight excluding hydrogens is 412 g/mol. The van der Waals surface area contributed by atoms with Crippen molar-refractivity contribution in [3.05, 3.63) is 40.2 Å². The molecule has 0 unspecified atom stereocenters. The van der Waals surface area contributed by atoms with Crippen LogP contribution in [0.4, 0.5) is 0 Å². The first kappa shape index (κ1) is 10.1. The second-order valence-corrected chi connectivity index (χ2v) is 5.02. The van der Waals surface area contributed by atoms with Crippen LogP contribution in [0.3, 0.4) is 0 Å². The predicted molar refractivity (Wildman–Crippen MR) is 68.5 cm³/mol. The standard InChI is InChI=1S/C8H3I2NO3/c9-3-1-4(10)6-5(2-3)11-8(13)14-7(6)12/h1-2H,(H,11,13). The maximum Gasteiger partial charge on any atom is 0.419 e. The minimum absolute atomic E-state index is 0.422. The molecule has 2 aromatic rings. The van der Waals surface area contributed by atoms with Gasteiger partial charge in [0.15, 0.2) is 0 Å². The summed E-state index contributed by atoms with van der Waals surface area (Å²) in [5.74, 6) is -0.722. The van der Waals surface area contributed by atoms with Gasteiger partial charge >= 0.3 is 11.4 Å². The number of H-pyrrole nitrogens is 1. The highest BCUT2D eigenvalue weighted by atomic mass is 127. The molecule has 72 valence electrons. The van der Waals surface area contributed by atoms with Gasteiger partial charge in [-0.05, 0) is 57.3 Å². The molecule has 1 aromatic carbocycles. The highest BCUT2D eigenvalue weighted by Gasteiger charge is 2.07. The van der Waals surface area contributed by atoms with Crippen molar-refractivity contribution in [2.45, 2.75) is 0 Å². The van der Waals surface area contributed by atoms with Gasteiger partial charge in [0.05, 0.1) is 10.9 Å². The van der Waals surface area contributed by atoms with Gasteiger partial charge in [0.1, 0.15) is 0 Å². The predicted octanol–water partition coefficient (Wildman–Crippen LogP) is 1.69. The van der Waals surface area contributed by atoms with Crippen LogP contribution >= 0.6 is 45.2 Å². The third kappa shape index (κ3) is 1.72. The van der Waals surface area contributed by atoms with E-state index in [0.29, 0.717) is 10.9 Å². The molecular formula is C8H3I2NO3. The van der Waals surface area contributed by atoms with Crippen molar-refractivity contribution in [3.8, 4) is 0 Å². The van der Waals surface area contributed by atoms with Crippen molar-refractivity contribution in [2.75, 3.05) is 0 Å². The van der Waals surface area contributed by atoms with Crippen LogP contribution in [0.15, 0.2) is 26.1 Å². The monoisotopic (exact) mass is 415 g/mol. The van der Waals surface area contributed by atoms with Crippen LogP contribution in [0.1, 0.15) is 0 Å². The number of benzene rings is 1. The maximum absolute atomic E-state index is 11.3. The Bertz CT molecular complexity index is 614. The van der Waals surface area contributed by atoms with Crippen molar-refractivity contribution >= 4 is 56.1 Å². The molecule has 0 atom stereocenters. The van der Waals surface area contributed by atoms with Crippen molar-refractivity contribution in [2.24, 2.45) is 0 Å². The molecule has 14 heavy (non-hydrogen) atoms. The summed E-state index contributed by atoms with van der Waals surface area (Å²) in [5.41, 5.74) is -0.0768. The molecule has 0 aliphatic rings. The summed E-state index contributed by atoms with van der Waals surface area (Å²) in [5, 5.41) is 0.422. The smallest absolute Gasteiger partial charge is 0.372 e. The zero-order valence-electron chi connectivity index (χ0n) is 6.64. The fraction of sp³-hybridized carbons (Fsp3) is 0. The Balaban J connectivity index is 3.10. The van der Waals surface area contributed by atoms with Crippen molar-refractivity contribution < 1.29 is 4.42 Å². The summed E-state index contributed by atoms with van der Waals surface area (Å²) in [7, 11) is 0. The molecule has 1 heterocycles. The minimum Gasteiger partial charge on any atom is -0.372 e. The number of nitrogens with one attached hydrogen (secondary N) is 1. The quantitative estimate of drug-likeness (QED) is 0.667. The van der Waals surface area contributed by atoms with Crippen LogP contribution in [0.5, 0.6) is 0 Å². The molecule has 1 N–H and O–H groups in total. The van der Waals surface area contributed by atoms with E-state index in [0.717, 1.165) is 7.14 Å². The first-order valence-electron chi connectivity index (χ1n) is 3.60. The average molecular weight is 415 g/mol. The van der Waals surface area contributed by atoms with E-state index in [1.807, 2.05) is 28.7 Å². The van der Waals surface area contributed by atoms with Crippen LogP contribution in [-0.4, -0.2) is 4.98 Å². The molecule has 0 radical (unpaired) electrons. The summed E-state index contributed by atoms with van der Waals surface area (Å²) in [6.07, 6.45) is 0. The van der Waals surface area contributed by atoms with Gasteiger partial charge in [0.25, 0.3) is 0 Å². The maximum atomic E-state index is 11.3. The third-order valence-electron chi connectivity index (χ3n) is 1.68. The van der Waals surface area contributed by atoms with Gasteiger partial charge in [-0.2, -0.15) is 0 Å². The number of rotatable bonds is 0. The molecule has 0 saturated carbocycles. The number of halogens is 2. The largest absolute Gasteiger partial charge is 0.419 e. The lowest BCUT2D eigenvalue weighted by Crippen LogP contribution is -2.15. The second-order valence-electron chi connectivity index (χ2n) is 2.61. The first-order chi connectivity index (χ1) is 6.58. The van der Waals surface area contributed by atoms with E-state index in [4.69, 9.17) is 0 Å². The zero-order chi connectivity index (χ0) is 10.3. The Kier molecular flexibility index (Phi) is 2.64. The molecule has 1 aromatic heterocycles. The van der Waals surface area contributed by atoms with Gasteiger partial charge in [-0.15, -0.1) is 0 Å². The number of hydrogen-bond donors (Lipinski definition) is 1. The van der Waals surface area contributed by atoms with Gasteiger partial charge in [0.2, 0.25) is 0 Å². The zero-order valence-corrected chi connectivity index (χ0v) is 11.0. The number of aromatic amines is 1. The first-order valence-corrected chi connectivity index (χ1v) is 5.76. The molecule has 0 spiro atoms. The Morgan fingerprint density at radius 1 is 1.21 bits per heavy atom. The molecule has 0 fully saturated rings. The summed E-state index contributed by atoms with van der Waals surface area (Å²) in [6, 6.07) is 3.58. The van der Waals surface area contributed by atoms with Crippen LogP contribution < -0.4 is 11.4 Å². The minimum atomic E-state index is -0.722. The number of fused-ring (bicyclic) bond motifs is 1. The number of aromatic nitrogens is 1. The van der Waals surface area contributed by atoms with E-state index < -0.39 is 11.4 Å². The van der Waals surface area contributed by atoms with Gasteiger partial charge in [-0.25, -0.2) is 9.59 Å². The average Bonchev–Trinajstić information content (AvgIpc) is 1.99. The van der Waals surface area contributed by atoms with Crippen LogP contribution in [0.2, 0.25) is 0 Å². The Morgan fingerprint density at radius 3 is 2.64 bits per heavy atom. The van der Waals surface area contributed by atoms with E-state index in [-0.39, 0.29) is 0 Å². The highest BCUT2D eigenvalue weighted by Crippen LogP contribution is 2.18. The topological polar surface area (TPSA) is 63.1 Å². The van der Waals surface area contributed by atoms with Crippen LogP contribution in [-0.2, 0) is 0 Å². The highest BCUT2D eigenvalue weighted by molar-refractivity contribution is 14.1. The van der Waals surface area contributed by atoms with Gasteiger partial charge < -0.3 is 4.42 Å². The van der Waals surface area contributed by atoms with Crippen molar-refractivity contribution in [1.82, 2.24) is 4.98 Å². The Labute approximate surface area is 105 Å². The lowest BCUT2D eigenvalue weighted by molar-refractivity contribution is 0.460. The van der Waals surface area contributed by atoms with Crippen molar-refractivity contribution in [1.29, 1.82) is 0 Å². The molecule has 6 heteroatoms. The molecule has 0 aliphatic carbocycles. The molecule has 4 nitrogen and oxygen atoms in total. The van der Waals surface area contributed by atoms with Crippen LogP contribution in [0.25, 0.3) is 10.9 Å². The van der Waals surface area contributed by atoms with E-state index in [9.17, 15) is 9.59 Å². The fourth-order valence-electron chi connectivity index (χ4n) is 1.15. The third-order valence-corrected chi connectivity index (χ3v) is 3.15. The van der Waals surface area contributed by atoms with E-state index in [1.54, 1.807) is 6.07 Å². The summed E-state index contributed by atoms with van der Waals surface area (Å²) in [4.78, 5) is 24.7. The van der Waals surface area contributed by atoms with Crippen molar-refractivity contribution in [3.63, 3.8) is 0 Å².